The number of hydrogen-bond donors (Lipinski definition) is 1. The van der Waals surface area contributed by atoms with Crippen LogP contribution < -0.4 is 10.6 Å². The van der Waals surface area contributed by atoms with Crippen molar-refractivity contribution >= 4 is 5.69 Å². The van der Waals surface area contributed by atoms with Gasteiger partial charge in [-0.1, -0.05) is 6.07 Å². The average molecular weight is 232 g/mol. The molecule has 1 aromatic carbocycles. The topological polar surface area (TPSA) is 29.3 Å². The van der Waals surface area contributed by atoms with E-state index >= 15 is 0 Å². The molecular formula is C11H15F3N2. The first kappa shape index (κ1) is 12.8. The summed E-state index contributed by atoms with van der Waals surface area (Å²) < 4.78 is 38.5. The van der Waals surface area contributed by atoms with Crippen molar-refractivity contribution < 1.29 is 13.2 Å². The number of rotatable bonds is 4. The first-order chi connectivity index (χ1) is 7.47. The highest BCUT2D eigenvalue weighted by Gasteiger charge is 2.24. The van der Waals surface area contributed by atoms with Crippen molar-refractivity contribution in [2.45, 2.75) is 12.3 Å². The van der Waals surface area contributed by atoms with E-state index < -0.39 is 18.2 Å². The van der Waals surface area contributed by atoms with E-state index in [2.05, 4.69) is 0 Å². The standard InChI is InChI=1S/C11H15F3N2/c1-16(2)10-5-7(12)3-4-8(10)9(6-15)11(13)14/h3-5,9,11H,6,15H2,1-2H3. The molecule has 0 aromatic heterocycles. The van der Waals surface area contributed by atoms with E-state index in [9.17, 15) is 13.2 Å². The van der Waals surface area contributed by atoms with E-state index in [0.717, 1.165) is 0 Å². The molecule has 0 fully saturated rings. The first-order valence-corrected chi connectivity index (χ1v) is 4.92. The van der Waals surface area contributed by atoms with Gasteiger partial charge in [0, 0.05) is 26.3 Å². The van der Waals surface area contributed by atoms with Crippen LogP contribution in [0.2, 0.25) is 0 Å². The molecule has 2 nitrogen and oxygen atoms in total. The SMILES string of the molecule is CN(C)c1cc(F)ccc1C(CN)C(F)F. The minimum atomic E-state index is -2.55. The molecule has 1 aromatic rings. The zero-order valence-electron chi connectivity index (χ0n) is 9.25. The molecule has 0 aliphatic rings. The molecule has 0 saturated carbocycles. The Bertz CT molecular complexity index is 353. The fourth-order valence-corrected chi connectivity index (χ4v) is 1.58. The lowest BCUT2D eigenvalue weighted by Gasteiger charge is -2.22. The highest BCUT2D eigenvalue weighted by molar-refractivity contribution is 5.54. The van der Waals surface area contributed by atoms with Crippen LogP contribution in [0.4, 0.5) is 18.9 Å². The molecule has 0 radical (unpaired) electrons. The van der Waals surface area contributed by atoms with E-state index in [0.29, 0.717) is 11.3 Å². The van der Waals surface area contributed by atoms with Crippen LogP contribution >= 0.6 is 0 Å². The van der Waals surface area contributed by atoms with Crippen molar-refractivity contribution in [2.75, 3.05) is 25.5 Å². The molecule has 0 bridgehead atoms. The molecule has 90 valence electrons. The molecule has 1 rings (SSSR count). The van der Waals surface area contributed by atoms with Gasteiger partial charge in [0.05, 0.1) is 5.92 Å². The second-order valence-electron chi connectivity index (χ2n) is 3.77. The summed E-state index contributed by atoms with van der Waals surface area (Å²) in [5.74, 6) is -1.50. The number of anilines is 1. The van der Waals surface area contributed by atoms with E-state index in [1.165, 1.54) is 18.2 Å². The van der Waals surface area contributed by atoms with Gasteiger partial charge in [-0.15, -0.1) is 0 Å². The summed E-state index contributed by atoms with van der Waals surface area (Å²) in [6.45, 7) is -0.163. The third kappa shape index (κ3) is 2.66. The number of alkyl halides is 2. The normalized spacial score (nSPS) is 12.9. The van der Waals surface area contributed by atoms with E-state index in [1.54, 1.807) is 19.0 Å². The molecule has 0 heterocycles. The minimum absolute atomic E-state index is 0.163. The number of nitrogens with zero attached hydrogens (tertiary/aromatic N) is 1. The van der Waals surface area contributed by atoms with Crippen molar-refractivity contribution in [2.24, 2.45) is 5.73 Å². The Morgan fingerprint density at radius 1 is 1.31 bits per heavy atom. The largest absolute Gasteiger partial charge is 0.377 e. The molecule has 0 spiro atoms. The van der Waals surface area contributed by atoms with Gasteiger partial charge in [0.1, 0.15) is 5.82 Å². The smallest absolute Gasteiger partial charge is 0.246 e. The molecule has 0 saturated heterocycles. The van der Waals surface area contributed by atoms with Crippen molar-refractivity contribution in [1.82, 2.24) is 0 Å². The molecule has 2 N–H and O–H groups in total. The summed E-state index contributed by atoms with van der Waals surface area (Å²) in [5.41, 5.74) is 6.14. The Morgan fingerprint density at radius 2 is 1.94 bits per heavy atom. The van der Waals surface area contributed by atoms with Crippen LogP contribution in [-0.4, -0.2) is 27.1 Å². The molecule has 0 aliphatic carbocycles. The lowest BCUT2D eigenvalue weighted by molar-refractivity contribution is 0.117. The maximum absolute atomic E-state index is 13.0. The lowest BCUT2D eigenvalue weighted by atomic mass is 9.97. The van der Waals surface area contributed by atoms with Gasteiger partial charge in [-0.3, -0.25) is 0 Å². The lowest BCUT2D eigenvalue weighted by Crippen LogP contribution is -2.23. The van der Waals surface area contributed by atoms with Crippen LogP contribution in [0.25, 0.3) is 0 Å². The van der Waals surface area contributed by atoms with Crippen molar-refractivity contribution in [3.05, 3.63) is 29.6 Å². The van der Waals surface area contributed by atoms with Crippen LogP contribution in [0.5, 0.6) is 0 Å². The number of hydrogen-bond acceptors (Lipinski definition) is 2. The van der Waals surface area contributed by atoms with Gasteiger partial charge in [-0.25, -0.2) is 13.2 Å². The first-order valence-electron chi connectivity index (χ1n) is 4.92. The molecular weight excluding hydrogens is 217 g/mol. The fourth-order valence-electron chi connectivity index (χ4n) is 1.58. The van der Waals surface area contributed by atoms with Gasteiger partial charge in [0.2, 0.25) is 6.43 Å². The second kappa shape index (κ2) is 5.21. The van der Waals surface area contributed by atoms with Gasteiger partial charge in [-0.05, 0) is 17.7 Å². The Balaban J connectivity index is 3.20. The molecule has 1 atom stereocenters. The van der Waals surface area contributed by atoms with Crippen LogP contribution in [0.15, 0.2) is 18.2 Å². The maximum Gasteiger partial charge on any atom is 0.246 e. The Morgan fingerprint density at radius 3 is 2.38 bits per heavy atom. The summed E-state index contributed by atoms with van der Waals surface area (Å²) in [4.78, 5) is 1.60. The Kier molecular flexibility index (Phi) is 4.18. The summed E-state index contributed by atoms with van der Waals surface area (Å²) in [5, 5.41) is 0. The van der Waals surface area contributed by atoms with E-state index in [1.807, 2.05) is 0 Å². The van der Waals surface area contributed by atoms with Crippen LogP contribution in [0.3, 0.4) is 0 Å². The Labute approximate surface area is 92.9 Å². The van der Waals surface area contributed by atoms with E-state index in [-0.39, 0.29) is 6.54 Å². The quantitative estimate of drug-likeness (QED) is 0.862. The molecule has 1 unspecified atom stereocenters. The highest BCUT2D eigenvalue weighted by Crippen LogP contribution is 2.30. The summed E-state index contributed by atoms with van der Waals surface area (Å²) >= 11 is 0. The zero-order chi connectivity index (χ0) is 12.3. The summed E-state index contributed by atoms with van der Waals surface area (Å²) in [7, 11) is 3.36. The highest BCUT2D eigenvalue weighted by atomic mass is 19.3. The molecule has 0 aliphatic heterocycles. The average Bonchev–Trinajstić information content (AvgIpc) is 2.20. The fraction of sp³-hybridized carbons (Fsp3) is 0.455. The van der Waals surface area contributed by atoms with Gasteiger partial charge < -0.3 is 10.6 Å². The summed E-state index contributed by atoms with van der Waals surface area (Å²) in [6.07, 6.45) is -2.55. The summed E-state index contributed by atoms with van der Waals surface area (Å²) in [6, 6.07) is 3.78. The minimum Gasteiger partial charge on any atom is -0.377 e. The third-order valence-corrected chi connectivity index (χ3v) is 2.43. The van der Waals surface area contributed by atoms with Crippen LogP contribution in [0.1, 0.15) is 11.5 Å². The molecule has 16 heavy (non-hydrogen) atoms. The predicted octanol–water partition coefficient (Wildman–Crippen LogP) is 2.20. The maximum atomic E-state index is 13.0. The van der Waals surface area contributed by atoms with Crippen molar-refractivity contribution in [3.8, 4) is 0 Å². The van der Waals surface area contributed by atoms with E-state index in [4.69, 9.17) is 5.73 Å². The third-order valence-electron chi connectivity index (χ3n) is 2.43. The number of nitrogens with two attached hydrogens (primary N) is 1. The van der Waals surface area contributed by atoms with Gasteiger partial charge >= 0.3 is 0 Å². The van der Waals surface area contributed by atoms with Gasteiger partial charge in [-0.2, -0.15) is 0 Å². The van der Waals surface area contributed by atoms with Gasteiger partial charge in [0.25, 0.3) is 0 Å². The number of benzene rings is 1. The van der Waals surface area contributed by atoms with Crippen LogP contribution in [0, 0.1) is 5.82 Å². The van der Waals surface area contributed by atoms with Gasteiger partial charge in [0.15, 0.2) is 0 Å². The molecule has 0 amide bonds. The Hall–Kier alpha value is -1.23. The van der Waals surface area contributed by atoms with Crippen LogP contribution in [-0.2, 0) is 0 Å². The predicted molar refractivity (Wildman–Crippen MR) is 58.5 cm³/mol. The second-order valence-corrected chi connectivity index (χ2v) is 3.77. The monoisotopic (exact) mass is 232 g/mol. The number of halogens is 3. The van der Waals surface area contributed by atoms with Crippen molar-refractivity contribution in [1.29, 1.82) is 0 Å². The zero-order valence-corrected chi connectivity index (χ0v) is 9.25. The molecule has 5 heteroatoms. The van der Waals surface area contributed by atoms with Crippen molar-refractivity contribution in [3.63, 3.8) is 0 Å².